The van der Waals surface area contributed by atoms with Crippen molar-refractivity contribution < 1.29 is 33.6 Å². The Balaban J connectivity index is 1.49. The lowest BCUT2D eigenvalue weighted by molar-refractivity contribution is -0.349. The van der Waals surface area contributed by atoms with Crippen LogP contribution in [-0.2, 0) is 18.9 Å². The zero-order valence-electron chi connectivity index (χ0n) is 19.8. The van der Waals surface area contributed by atoms with Gasteiger partial charge in [0.05, 0.1) is 44.4 Å². The molecule has 6 atom stereocenters. The van der Waals surface area contributed by atoms with Gasteiger partial charge < -0.3 is 24.1 Å². The lowest BCUT2D eigenvalue weighted by Gasteiger charge is -2.49. The van der Waals surface area contributed by atoms with Gasteiger partial charge in [0.1, 0.15) is 24.4 Å². The van der Waals surface area contributed by atoms with Crippen LogP contribution in [0.5, 0.6) is 0 Å². The Morgan fingerprint density at radius 1 is 1.00 bits per heavy atom. The van der Waals surface area contributed by atoms with E-state index in [4.69, 9.17) is 65.4 Å². The third kappa shape index (κ3) is 4.76. The van der Waals surface area contributed by atoms with Crippen LogP contribution >= 0.6 is 46.4 Å². The summed E-state index contributed by atoms with van der Waals surface area (Å²) in [6.07, 6.45) is -2.04. The van der Waals surface area contributed by atoms with Gasteiger partial charge in [-0.15, -0.1) is 6.58 Å². The Hall–Kier alpha value is -1.72. The summed E-state index contributed by atoms with van der Waals surface area (Å²) in [4.78, 5) is 28.1. The smallest absolute Gasteiger partial charge is 0.263 e. The zero-order chi connectivity index (χ0) is 27.1. The molecule has 1 N–H and O–H groups in total. The van der Waals surface area contributed by atoms with Gasteiger partial charge in [-0.3, -0.25) is 14.5 Å². The minimum atomic E-state index is -1.40. The molecule has 38 heavy (non-hydrogen) atoms. The molecule has 1 unspecified atom stereocenters. The van der Waals surface area contributed by atoms with E-state index >= 15 is 0 Å². The number of benzene rings is 2. The van der Waals surface area contributed by atoms with Crippen molar-refractivity contribution in [2.75, 3.05) is 13.2 Å². The molecular formula is C26H23Cl4NO7. The molecule has 2 saturated heterocycles. The normalized spacial score (nSPS) is 28.8. The summed E-state index contributed by atoms with van der Waals surface area (Å²) in [6, 6.07) is 7.87. The van der Waals surface area contributed by atoms with E-state index in [1.807, 2.05) is 30.3 Å². The van der Waals surface area contributed by atoms with Gasteiger partial charge in [0.15, 0.2) is 12.6 Å². The third-order valence-corrected chi connectivity index (χ3v) is 8.47. The first-order valence-electron chi connectivity index (χ1n) is 11.9. The Bertz CT molecular complexity index is 1210. The first kappa shape index (κ1) is 27.8. The molecule has 2 aromatic carbocycles. The van der Waals surface area contributed by atoms with Gasteiger partial charge >= 0.3 is 0 Å². The summed E-state index contributed by atoms with van der Waals surface area (Å²) in [5.41, 5.74) is 0.331. The molecule has 2 amide bonds. The Morgan fingerprint density at radius 2 is 1.63 bits per heavy atom. The van der Waals surface area contributed by atoms with Crippen molar-refractivity contribution in [1.82, 2.24) is 4.90 Å². The number of amides is 2. The van der Waals surface area contributed by atoms with Crippen LogP contribution in [0.2, 0.25) is 20.1 Å². The van der Waals surface area contributed by atoms with Crippen LogP contribution in [-0.4, -0.2) is 65.7 Å². The molecular weight excluding hydrogens is 580 g/mol. The first-order chi connectivity index (χ1) is 18.3. The summed E-state index contributed by atoms with van der Waals surface area (Å²) in [7, 11) is 0. The van der Waals surface area contributed by atoms with Gasteiger partial charge in [-0.1, -0.05) is 82.8 Å². The lowest BCUT2D eigenvalue weighted by atomic mass is 9.94. The molecule has 0 saturated carbocycles. The number of halogens is 4. The average Bonchev–Trinajstić information content (AvgIpc) is 3.19. The number of carbonyl (C=O) groups excluding carboxylic acids is 2. The van der Waals surface area contributed by atoms with Crippen molar-refractivity contribution in [1.29, 1.82) is 0 Å². The van der Waals surface area contributed by atoms with Crippen molar-refractivity contribution in [3.05, 3.63) is 79.8 Å². The molecule has 3 heterocycles. The van der Waals surface area contributed by atoms with Crippen LogP contribution in [0.4, 0.5) is 0 Å². The number of hydrogen-bond donors (Lipinski definition) is 1. The van der Waals surface area contributed by atoms with Crippen LogP contribution < -0.4 is 0 Å². The van der Waals surface area contributed by atoms with Gasteiger partial charge in [-0.05, 0) is 12.8 Å². The second-order valence-corrected chi connectivity index (χ2v) is 10.5. The van der Waals surface area contributed by atoms with Crippen LogP contribution in [0.15, 0.2) is 43.0 Å². The van der Waals surface area contributed by atoms with E-state index in [0.29, 0.717) is 12.8 Å². The highest BCUT2D eigenvalue weighted by Crippen LogP contribution is 2.46. The fourth-order valence-electron chi connectivity index (χ4n) is 4.83. The molecule has 8 nitrogen and oxygen atoms in total. The molecule has 3 aliphatic rings. The van der Waals surface area contributed by atoms with Crippen molar-refractivity contribution in [2.45, 2.75) is 49.8 Å². The lowest BCUT2D eigenvalue weighted by Crippen LogP contribution is -2.67. The van der Waals surface area contributed by atoms with Crippen LogP contribution in [0.25, 0.3) is 0 Å². The quantitative estimate of drug-likeness (QED) is 0.148. The highest BCUT2D eigenvalue weighted by molar-refractivity contribution is 6.55. The number of ether oxygens (including phenoxy) is 4. The largest absolute Gasteiger partial charge is 0.388 e. The molecule has 0 aliphatic carbocycles. The van der Waals surface area contributed by atoms with Gasteiger partial charge in [0, 0.05) is 5.56 Å². The molecule has 5 rings (SSSR count). The number of nitrogens with zero attached hydrogens (tertiary/aromatic N) is 1. The molecule has 0 aromatic heterocycles. The van der Waals surface area contributed by atoms with E-state index in [0.717, 1.165) is 10.5 Å². The standard InChI is InChI=1S/C26H23Cl4NO7/c1-2-3-7-10-35-26-20(31-23(33)14-15(24(31)34)17(28)19(30)18(29)16(14)27)21(32)22-13(37-26)11-36-25(38-22)12-8-5-4-6-9-12/h2,4-6,8-9,13,20-22,25-26,32H,1,3,7,10-11H2/t13-,20-,21-,22-,25?,26-/m1/s1. The molecule has 202 valence electrons. The van der Waals surface area contributed by atoms with Gasteiger partial charge in [0.25, 0.3) is 11.8 Å². The second-order valence-electron chi connectivity index (χ2n) is 8.99. The van der Waals surface area contributed by atoms with E-state index < -0.39 is 48.7 Å². The highest BCUT2D eigenvalue weighted by atomic mass is 35.5. The van der Waals surface area contributed by atoms with Crippen LogP contribution in [0.1, 0.15) is 45.4 Å². The topological polar surface area (TPSA) is 94.5 Å². The number of unbranched alkanes of at least 4 members (excludes halogenated alkanes) is 1. The first-order valence-corrected chi connectivity index (χ1v) is 13.4. The SMILES string of the molecule is C=CCCCO[C@@H]1O[C@@H]2COC(c3ccccc3)O[C@H]2[C@H](O)[C@H]1N1C(=O)c2c(Cl)c(Cl)c(Cl)c(Cl)c2C1=O. The van der Waals surface area contributed by atoms with Crippen molar-refractivity contribution in [3.63, 3.8) is 0 Å². The van der Waals surface area contributed by atoms with Gasteiger partial charge in [-0.2, -0.15) is 0 Å². The second kappa shape index (κ2) is 11.4. The fourth-order valence-corrected chi connectivity index (χ4v) is 5.85. The number of allylic oxidation sites excluding steroid dienone is 1. The van der Waals surface area contributed by atoms with E-state index in [2.05, 4.69) is 6.58 Å². The molecule has 2 fully saturated rings. The molecule has 2 aromatic rings. The Morgan fingerprint density at radius 3 is 2.24 bits per heavy atom. The van der Waals surface area contributed by atoms with Crippen LogP contribution in [0.3, 0.4) is 0 Å². The number of carbonyl (C=O) groups is 2. The van der Waals surface area contributed by atoms with Crippen molar-refractivity contribution in [3.8, 4) is 0 Å². The minimum Gasteiger partial charge on any atom is -0.388 e. The summed E-state index contributed by atoms with van der Waals surface area (Å²) in [5, 5.41) is 10.9. The van der Waals surface area contributed by atoms with E-state index in [9.17, 15) is 14.7 Å². The van der Waals surface area contributed by atoms with Gasteiger partial charge in [0.2, 0.25) is 0 Å². The predicted octanol–water partition coefficient (Wildman–Crippen LogP) is 5.45. The van der Waals surface area contributed by atoms with E-state index in [1.165, 1.54) is 0 Å². The zero-order valence-corrected chi connectivity index (χ0v) is 22.8. The maximum atomic E-state index is 13.6. The van der Waals surface area contributed by atoms with E-state index in [1.54, 1.807) is 6.08 Å². The van der Waals surface area contributed by atoms with E-state index in [-0.39, 0.29) is 44.4 Å². The fraction of sp³-hybridized carbons (Fsp3) is 0.385. The molecule has 0 spiro atoms. The monoisotopic (exact) mass is 601 g/mol. The van der Waals surface area contributed by atoms with Gasteiger partial charge in [-0.25, -0.2) is 0 Å². The summed E-state index contributed by atoms with van der Waals surface area (Å²) in [5.74, 6) is -1.62. The number of imide groups is 1. The molecule has 3 aliphatic heterocycles. The number of aliphatic hydroxyl groups is 1. The number of fused-ring (bicyclic) bond motifs is 2. The highest BCUT2D eigenvalue weighted by Gasteiger charge is 2.57. The average molecular weight is 603 g/mol. The van der Waals surface area contributed by atoms with Crippen molar-refractivity contribution >= 4 is 58.2 Å². The number of hydrogen-bond acceptors (Lipinski definition) is 7. The number of aliphatic hydroxyl groups excluding tert-OH is 1. The predicted molar refractivity (Wildman–Crippen MR) is 141 cm³/mol. The van der Waals surface area contributed by atoms with Crippen molar-refractivity contribution in [2.24, 2.45) is 0 Å². The summed E-state index contributed by atoms with van der Waals surface area (Å²) < 4.78 is 24.0. The molecule has 0 bridgehead atoms. The summed E-state index contributed by atoms with van der Waals surface area (Å²) in [6.45, 7) is 4.00. The Kier molecular flexibility index (Phi) is 8.36. The maximum absolute atomic E-state index is 13.6. The molecule has 0 radical (unpaired) electrons. The van der Waals surface area contributed by atoms with Crippen LogP contribution in [0, 0.1) is 0 Å². The Labute approximate surface area is 238 Å². The number of rotatable bonds is 7. The molecule has 12 heteroatoms. The third-order valence-electron chi connectivity index (χ3n) is 6.67. The minimum absolute atomic E-state index is 0.0888. The maximum Gasteiger partial charge on any atom is 0.263 e. The summed E-state index contributed by atoms with van der Waals surface area (Å²) >= 11 is 25.0.